The summed E-state index contributed by atoms with van der Waals surface area (Å²) >= 11 is 0. The molecule has 3 aliphatic rings. The number of hydrogen-bond acceptors (Lipinski definition) is 4. The van der Waals surface area contributed by atoms with Gasteiger partial charge in [-0.05, 0) is 42.4 Å². The van der Waals surface area contributed by atoms with Crippen LogP contribution in [0, 0.1) is 23.7 Å². The largest absolute Gasteiger partial charge is 0.465 e. The molecule has 140 valence electrons. The van der Waals surface area contributed by atoms with Crippen LogP contribution in [0.4, 0.5) is 0 Å². The number of hydrogen-bond donors (Lipinski definition) is 0. The Balaban J connectivity index is 1.54. The van der Waals surface area contributed by atoms with Gasteiger partial charge in [-0.25, -0.2) is 0 Å². The smallest absolute Gasteiger partial charge is 0.309 e. The first kappa shape index (κ1) is 16.7. The monoisotopic (exact) mass is 364 g/mol. The quantitative estimate of drug-likeness (QED) is 0.766. The number of pyridine rings is 1. The number of para-hydroxylation sites is 1. The highest BCUT2D eigenvalue weighted by Gasteiger charge is 2.53. The van der Waals surface area contributed by atoms with Crippen LogP contribution in [0.5, 0.6) is 0 Å². The van der Waals surface area contributed by atoms with E-state index >= 15 is 0 Å². The van der Waals surface area contributed by atoms with Crippen molar-refractivity contribution >= 4 is 22.8 Å². The molecule has 2 saturated heterocycles. The number of aromatic nitrogens is 1. The van der Waals surface area contributed by atoms with Gasteiger partial charge in [0.2, 0.25) is 5.91 Å². The first-order valence-corrected chi connectivity index (χ1v) is 9.88. The fourth-order valence-electron chi connectivity index (χ4n) is 5.19. The minimum Gasteiger partial charge on any atom is -0.465 e. The molecular weight excluding hydrogens is 340 g/mol. The van der Waals surface area contributed by atoms with E-state index in [9.17, 15) is 9.59 Å². The molecule has 4 heterocycles. The molecule has 0 bridgehead atoms. The number of amides is 1. The van der Waals surface area contributed by atoms with E-state index in [2.05, 4.69) is 26.0 Å². The van der Waals surface area contributed by atoms with Gasteiger partial charge < -0.3 is 9.64 Å². The number of carbonyl (C=O) groups excluding carboxylic acids is 2. The number of piperidine rings is 1. The van der Waals surface area contributed by atoms with Crippen LogP contribution in [-0.4, -0.2) is 28.4 Å². The summed E-state index contributed by atoms with van der Waals surface area (Å²) in [6.45, 7) is 5.08. The van der Waals surface area contributed by atoms with Gasteiger partial charge >= 0.3 is 5.97 Å². The summed E-state index contributed by atoms with van der Waals surface area (Å²) < 4.78 is 5.42. The Morgan fingerprint density at radius 2 is 2.07 bits per heavy atom. The lowest BCUT2D eigenvalue weighted by atomic mass is 9.70. The molecule has 1 aromatic carbocycles. The maximum Gasteiger partial charge on any atom is 0.309 e. The van der Waals surface area contributed by atoms with Crippen LogP contribution in [-0.2, 0) is 20.9 Å². The zero-order valence-corrected chi connectivity index (χ0v) is 15.7. The van der Waals surface area contributed by atoms with Crippen molar-refractivity contribution in [2.24, 2.45) is 23.7 Å². The molecule has 5 rings (SSSR count). The summed E-state index contributed by atoms with van der Waals surface area (Å²) in [5, 5.41) is 1.11. The first-order chi connectivity index (χ1) is 13.0. The Morgan fingerprint density at radius 3 is 2.89 bits per heavy atom. The zero-order chi connectivity index (χ0) is 18.7. The molecule has 27 heavy (non-hydrogen) atoms. The van der Waals surface area contributed by atoms with Crippen LogP contribution < -0.4 is 0 Å². The third-order valence-corrected chi connectivity index (χ3v) is 6.43. The number of benzene rings is 1. The summed E-state index contributed by atoms with van der Waals surface area (Å²) in [6, 6.07) is 10.2. The number of carbonyl (C=O) groups is 2. The van der Waals surface area contributed by atoms with Gasteiger partial charge in [0.25, 0.3) is 0 Å². The highest BCUT2D eigenvalue weighted by molar-refractivity contribution is 5.86. The van der Waals surface area contributed by atoms with Crippen molar-refractivity contribution in [3.05, 3.63) is 41.6 Å². The molecule has 5 heteroatoms. The third kappa shape index (κ3) is 2.55. The molecule has 1 amide bonds. The number of fused-ring (bicyclic) bond motifs is 5. The second-order valence-electron chi connectivity index (χ2n) is 8.58. The van der Waals surface area contributed by atoms with Crippen LogP contribution in [0.15, 0.2) is 30.3 Å². The minimum absolute atomic E-state index is 0.0149. The van der Waals surface area contributed by atoms with Crippen molar-refractivity contribution in [1.29, 1.82) is 0 Å². The molecule has 0 aliphatic carbocycles. The van der Waals surface area contributed by atoms with E-state index in [4.69, 9.17) is 9.72 Å². The summed E-state index contributed by atoms with van der Waals surface area (Å²) in [6.07, 6.45) is 1.58. The lowest BCUT2D eigenvalue weighted by Crippen LogP contribution is -2.53. The summed E-state index contributed by atoms with van der Waals surface area (Å²) in [7, 11) is 0. The third-order valence-electron chi connectivity index (χ3n) is 6.43. The second-order valence-corrected chi connectivity index (χ2v) is 8.58. The maximum absolute atomic E-state index is 13.2. The van der Waals surface area contributed by atoms with Gasteiger partial charge in [0.1, 0.15) is 6.61 Å². The molecular formula is C22H24N2O3. The molecule has 3 aliphatic heterocycles. The van der Waals surface area contributed by atoms with Crippen LogP contribution >= 0.6 is 0 Å². The van der Waals surface area contributed by atoms with Gasteiger partial charge in [-0.15, -0.1) is 0 Å². The van der Waals surface area contributed by atoms with Crippen molar-refractivity contribution in [3.63, 3.8) is 0 Å². The number of rotatable bonds is 2. The van der Waals surface area contributed by atoms with E-state index in [-0.39, 0.29) is 42.3 Å². The fraction of sp³-hybridized carbons (Fsp3) is 0.500. The standard InChI is InChI=1S/C22H24N2O3/c1-12(2)7-16-15-9-19-20-14(8-13-5-3-4-6-18(13)23-20)10-24(19)21(25)17(15)11-27-22(16)26/h3-6,8,12,15-17,19H,7,9-11H2,1-2H3. The van der Waals surface area contributed by atoms with Crippen LogP contribution in [0.1, 0.15) is 44.0 Å². The number of ether oxygens (including phenoxy) is 1. The van der Waals surface area contributed by atoms with Crippen molar-refractivity contribution in [2.75, 3.05) is 6.61 Å². The van der Waals surface area contributed by atoms with Gasteiger partial charge in [0.15, 0.2) is 0 Å². The zero-order valence-electron chi connectivity index (χ0n) is 15.7. The molecule has 0 radical (unpaired) electrons. The Kier molecular flexibility index (Phi) is 3.74. The molecule has 2 aromatic rings. The average molecular weight is 364 g/mol. The van der Waals surface area contributed by atoms with Crippen molar-refractivity contribution in [1.82, 2.24) is 9.88 Å². The maximum atomic E-state index is 13.2. The van der Waals surface area contributed by atoms with E-state index in [0.29, 0.717) is 12.5 Å². The van der Waals surface area contributed by atoms with Gasteiger partial charge in [0.05, 0.1) is 29.1 Å². The highest BCUT2D eigenvalue weighted by atomic mass is 16.5. The summed E-state index contributed by atoms with van der Waals surface area (Å²) in [5.41, 5.74) is 3.12. The number of esters is 1. The summed E-state index contributed by atoms with van der Waals surface area (Å²) in [4.78, 5) is 32.6. The van der Waals surface area contributed by atoms with E-state index in [1.807, 2.05) is 23.1 Å². The molecule has 4 unspecified atom stereocenters. The van der Waals surface area contributed by atoms with E-state index in [1.54, 1.807) is 0 Å². The van der Waals surface area contributed by atoms with Crippen molar-refractivity contribution in [2.45, 2.75) is 39.3 Å². The lowest BCUT2D eigenvalue weighted by Gasteiger charge is -2.45. The van der Waals surface area contributed by atoms with Gasteiger partial charge in [-0.1, -0.05) is 32.0 Å². The molecule has 1 aromatic heterocycles. The topological polar surface area (TPSA) is 59.5 Å². The lowest BCUT2D eigenvalue weighted by molar-refractivity contribution is -0.174. The Bertz CT molecular complexity index is 938. The van der Waals surface area contributed by atoms with Crippen molar-refractivity contribution in [3.8, 4) is 0 Å². The van der Waals surface area contributed by atoms with E-state index in [0.717, 1.165) is 35.0 Å². The number of nitrogens with zero attached hydrogens (tertiary/aromatic N) is 2. The molecule has 5 nitrogen and oxygen atoms in total. The van der Waals surface area contributed by atoms with Crippen LogP contribution in [0.2, 0.25) is 0 Å². The van der Waals surface area contributed by atoms with Crippen molar-refractivity contribution < 1.29 is 14.3 Å². The molecule has 0 N–H and O–H groups in total. The van der Waals surface area contributed by atoms with E-state index in [1.165, 1.54) is 0 Å². The SMILES string of the molecule is CC(C)CC1C(=O)OCC2C(=O)N3Cc4cc5ccccc5nc4C3CC12. The minimum atomic E-state index is -0.202. The summed E-state index contributed by atoms with van der Waals surface area (Å²) in [5.74, 6) is 0.0650. The van der Waals surface area contributed by atoms with Gasteiger partial charge in [-0.3, -0.25) is 14.6 Å². The molecule has 4 atom stereocenters. The normalized spacial score (nSPS) is 29.5. The second kappa shape index (κ2) is 6.04. The average Bonchev–Trinajstić information content (AvgIpc) is 3.00. The molecule has 0 saturated carbocycles. The Labute approximate surface area is 158 Å². The predicted molar refractivity (Wildman–Crippen MR) is 101 cm³/mol. The number of cyclic esters (lactones) is 1. The van der Waals surface area contributed by atoms with Gasteiger partial charge in [0, 0.05) is 11.9 Å². The predicted octanol–water partition coefficient (Wildman–Crippen LogP) is 3.47. The Morgan fingerprint density at radius 1 is 1.26 bits per heavy atom. The molecule has 0 spiro atoms. The fourth-order valence-corrected chi connectivity index (χ4v) is 5.19. The molecule has 2 fully saturated rings. The van der Waals surface area contributed by atoms with Gasteiger partial charge in [-0.2, -0.15) is 0 Å². The van der Waals surface area contributed by atoms with E-state index < -0.39 is 0 Å². The first-order valence-electron chi connectivity index (χ1n) is 9.88. The van der Waals surface area contributed by atoms with Crippen LogP contribution in [0.3, 0.4) is 0 Å². The Hall–Kier alpha value is -2.43. The van der Waals surface area contributed by atoms with Crippen LogP contribution in [0.25, 0.3) is 10.9 Å². The highest BCUT2D eigenvalue weighted by Crippen LogP contribution is 2.49.